The molecular weight excluding hydrogens is 558 g/mol. The van der Waals surface area contributed by atoms with Gasteiger partial charge in [0.25, 0.3) is 5.69 Å². The molecule has 2 aromatic carbocycles. The average molecular weight is 586 g/mol. The van der Waals surface area contributed by atoms with E-state index in [2.05, 4.69) is 0 Å². The van der Waals surface area contributed by atoms with E-state index in [1.807, 2.05) is 6.07 Å². The summed E-state index contributed by atoms with van der Waals surface area (Å²) in [5.41, 5.74) is 0.430. The summed E-state index contributed by atoms with van der Waals surface area (Å²) in [7, 11) is 0. The minimum atomic E-state index is -1.74. The summed E-state index contributed by atoms with van der Waals surface area (Å²) in [5, 5.41) is 63.8. The highest BCUT2D eigenvalue weighted by atomic mass is 35.5. The van der Waals surface area contributed by atoms with Crippen LogP contribution in [0.4, 0.5) is 5.69 Å². The molecule has 0 saturated carbocycles. The maximum absolute atomic E-state index is 10.9. The van der Waals surface area contributed by atoms with E-state index in [9.17, 15) is 35.6 Å². The van der Waals surface area contributed by atoms with Crippen molar-refractivity contribution in [2.75, 3.05) is 13.2 Å². The van der Waals surface area contributed by atoms with Crippen LogP contribution in [-0.2, 0) is 23.7 Å². The van der Waals surface area contributed by atoms with Gasteiger partial charge in [-0.3, -0.25) is 10.1 Å². The highest BCUT2D eigenvalue weighted by Gasteiger charge is 2.53. The molecule has 218 valence electrons. The van der Waals surface area contributed by atoms with E-state index in [0.29, 0.717) is 0 Å². The minimum Gasteiger partial charge on any atom is -0.460 e. The van der Waals surface area contributed by atoms with E-state index < -0.39 is 79.2 Å². The van der Waals surface area contributed by atoms with Crippen LogP contribution in [0.3, 0.4) is 0 Å². The van der Waals surface area contributed by atoms with Crippen molar-refractivity contribution < 1.29 is 58.9 Å². The summed E-state index contributed by atoms with van der Waals surface area (Å²) < 4.78 is 34.2. The molecule has 0 aliphatic carbocycles. The molecule has 0 radical (unpaired) electrons. The SMILES string of the molecule is O=[N+]([O-])c1ccc(O[C@@H]2OC(CO)[C@@H](O[C@@H]3OC4COC(c5ccccc5)O[C@H]4[C@H](O)C3O)[C@H](O)C2O)c(Cl)c1. The van der Waals surface area contributed by atoms with Gasteiger partial charge in [0.2, 0.25) is 6.29 Å². The number of hydrogen-bond donors (Lipinski definition) is 5. The molecule has 5 rings (SSSR count). The molecule has 3 fully saturated rings. The summed E-state index contributed by atoms with van der Waals surface area (Å²) in [6.07, 6.45) is -14.9. The van der Waals surface area contributed by atoms with Gasteiger partial charge in [-0.2, -0.15) is 0 Å². The fourth-order valence-electron chi connectivity index (χ4n) is 4.77. The number of hydrogen-bond acceptors (Lipinski definition) is 13. The van der Waals surface area contributed by atoms with Gasteiger partial charge in [-0.05, 0) is 6.07 Å². The maximum Gasteiger partial charge on any atom is 0.271 e. The molecule has 14 nitrogen and oxygen atoms in total. The summed E-state index contributed by atoms with van der Waals surface area (Å²) in [6.45, 7) is -0.708. The second kappa shape index (κ2) is 12.2. The van der Waals surface area contributed by atoms with Crippen molar-refractivity contribution >= 4 is 17.3 Å². The van der Waals surface area contributed by atoms with E-state index in [-0.39, 0.29) is 23.1 Å². The Balaban J connectivity index is 1.24. The summed E-state index contributed by atoms with van der Waals surface area (Å²) in [5.74, 6) is -0.0779. The number of aliphatic hydroxyl groups excluding tert-OH is 5. The van der Waals surface area contributed by atoms with Crippen LogP contribution in [0.1, 0.15) is 11.9 Å². The number of halogens is 1. The van der Waals surface area contributed by atoms with Gasteiger partial charge in [-0.15, -0.1) is 0 Å². The number of rotatable bonds is 7. The van der Waals surface area contributed by atoms with E-state index in [0.717, 1.165) is 17.7 Å². The molecule has 3 heterocycles. The Morgan fingerprint density at radius 1 is 0.950 bits per heavy atom. The normalized spacial score (nSPS) is 37.9. The van der Waals surface area contributed by atoms with Crippen molar-refractivity contribution in [3.63, 3.8) is 0 Å². The molecule has 40 heavy (non-hydrogen) atoms. The lowest BCUT2D eigenvalue weighted by molar-refractivity contribution is -0.385. The van der Waals surface area contributed by atoms with Gasteiger partial charge < -0.3 is 54.0 Å². The number of non-ortho nitro benzene ring substituents is 1. The molecule has 0 amide bonds. The van der Waals surface area contributed by atoms with Crippen LogP contribution >= 0.6 is 11.6 Å². The molecule has 11 atom stereocenters. The fraction of sp³-hybridized carbons (Fsp3) is 0.520. The van der Waals surface area contributed by atoms with Gasteiger partial charge >= 0.3 is 0 Å². The number of aliphatic hydroxyl groups is 5. The average Bonchev–Trinajstić information content (AvgIpc) is 2.96. The van der Waals surface area contributed by atoms with E-state index in [1.165, 1.54) is 6.07 Å². The highest BCUT2D eigenvalue weighted by Crippen LogP contribution is 2.37. The summed E-state index contributed by atoms with van der Waals surface area (Å²) in [6, 6.07) is 12.4. The van der Waals surface area contributed by atoms with Crippen LogP contribution in [0.15, 0.2) is 48.5 Å². The molecule has 5 unspecified atom stereocenters. The third-order valence-electron chi connectivity index (χ3n) is 6.89. The molecule has 5 N–H and O–H groups in total. The van der Waals surface area contributed by atoms with Crippen LogP contribution in [0.2, 0.25) is 5.02 Å². The number of benzene rings is 2. The highest BCUT2D eigenvalue weighted by molar-refractivity contribution is 6.32. The lowest BCUT2D eigenvalue weighted by atomic mass is 9.96. The molecule has 15 heteroatoms. The Morgan fingerprint density at radius 3 is 2.35 bits per heavy atom. The Hall–Kier alpha value is -2.47. The standard InChI is InChI=1S/C25H28ClNO13/c26-13-8-12(27(33)34)6-7-14(13)36-24-19(31)17(29)21(15(9-28)37-24)40-25-20(32)18(30)22-16(38-25)10-35-23(39-22)11-4-2-1-3-5-11/h1-8,15-25,28-32H,9-10H2/t15?,16?,17-,18-,19?,20?,21-,22-,23?,24-,25+/m1/s1. The molecule has 3 saturated heterocycles. The number of fused-ring (bicyclic) bond motifs is 1. The van der Waals surface area contributed by atoms with E-state index in [1.54, 1.807) is 24.3 Å². The zero-order chi connectivity index (χ0) is 28.6. The van der Waals surface area contributed by atoms with Gasteiger partial charge in [0.05, 0.1) is 23.2 Å². The summed E-state index contributed by atoms with van der Waals surface area (Å²) >= 11 is 6.04. The molecular formula is C25H28ClNO13. The second-order valence-corrected chi connectivity index (χ2v) is 9.91. The van der Waals surface area contributed by atoms with Crippen molar-refractivity contribution in [3.05, 3.63) is 69.2 Å². The van der Waals surface area contributed by atoms with Crippen molar-refractivity contribution in [1.29, 1.82) is 0 Å². The molecule has 3 aliphatic rings. The first-order chi connectivity index (χ1) is 19.2. The Morgan fingerprint density at radius 2 is 1.68 bits per heavy atom. The van der Waals surface area contributed by atoms with Gasteiger partial charge in [-0.1, -0.05) is 41.9 Å². The van der Waals surface area contributed by atoms with Crippen LogP contribution in [-0.4, -0.2) is 105 Å². The molecule has 2 aromatic rings. The van der Waals surface area contributed by atoms with Gasteiger partial charge in [0.15, 0.2) is 12.6 Å². The quantitative estimate of drug-likeness (QED) is 0.215. The Kier molecular flexibility index (Phi) is 8.84. The first-order valence-corrected chi connectivity index (χ1v) is 12.8. The Labute approximate surface area is 232 Å². The third-order valence-corrected chi connectivity index (χ3v) is 7.18. The van der Waals surface area contributed by atoms with Crippen LogP contribution in [0.5, 0.6) is 5.75 Å². The Bertz CT molecular complexity index is 1170. The number of nitrogens with zero attached hydrogens (tertiary/aromatic N) is 1. The van der Waals surface area contributed by atoms with Crippen molar-refractivity contribution in [3.8, 4) is 5.75 Å². The van der Waals surface area contributed by atoms with Crippen LogP contribution in [0, 0.1) is 10.1 Å². The maximum atomic E-state index is 10.9. The second-order valence-electron chi connectivity index (χ2n) is 9.50. The van der Waals surface area contributed by atoms with Crippen molar-refractivity contribution in [2.24, 2.45) is 0 Å². The van der Waals surface area contributed by atoms with Crippen molar-refractivity contribution in [1.82, 2.24) is 0 Å². The zero-order valence-corrected chi connectivity index (χ0v) is 21.5. The van der Waals surface area contributed by atoms with E-state index >= 15 is 0 Å². The number of nitro benzene ring substituents is 1. The zero-order valence-electron chi connectivity index (χ0n) is 20.7. The first-order valence-electron chi connectivity index (χ1n) is 12.4. The fourth-order valence-corrected chi connectivity index (χ4v) is 4.99. The first kappa shape index (κ1) is 29.0. The molecule has 0 bridgehead atoms. The monoisotopic (exact) mass is 585 g/mol. The van der Waals surface area contributed by atoms with Gasteiger partial charge in [0.1, 0.15) is 54.6 Å². The molecule has 0 aromatic heterocycles. The smallest absolute Gasteiger partial charge is 0.271 e. The number of ether oxygens (including phenoxy) is 6. The van der Waals surface area contributed by atoms with Gasteiger partial charge in [0, 0.05) is 17.7 Å². The third kappa shape index (κ3) is 5.79. The van der Waals surface area contributed by atoms with Crippen LogP contribution in [0.25, 0.3) is 0 Å². The van der Waals surface area contributed by atoms with Crippen molar-refractivity contribution in [2.45, 2.75) is 67.7 Å². The lowest BCUT2D eigenvalue weighted by Crippen LogP contribution is -2.66. The van der Waals surface area contributed by atoms with Crippen LogP contribution < -0.4 is 4.74 Å². The topological polar surface area (TPSA) is 200 Å². The molecule has 0 spiro atoms. The van der Waals surface area contributed by atoms with Gasteiger partial charge in [-0.25, -0.2) is 0 Å². The summed E-state index contributed by atoms with van der Waals surface area (Å²) in [4.78, 5) is 10.3. The lowest BCUT2D eigenvalue weighted by Gasteiger charge is -2.48. The van der Waals surface area contributed by atoms with E-state index in [4.69, 9.17) is 40.0 Å². The predicted octanol–water partition coefficient (Wildman–Crippen LogP) is 0.0121. The largest absolute Gasteiger partial charge is 0.460 e. The number of nitro groups is 1. The predicted molar refractivity (Wildman–Crippen MR) is 132 cm³/mol. The minimum absolute atomic E-state index is 0.00441. The molecule has 3 aliphatic heterocycles.